The number of H-pyrrole nitrogens is 1. The minimum Gasteiger partial charge on any atom is -0.497 e. The first-order valence-electron chi connectivity index (χ1n) is 24.2. The number of carbonyl (C=O) groups excluding carboxylic acids is 2. The molecule has 1 saturated heterocycles. The number of nitrogens with two attached hydrogens (primary N) is 1. The molecule has 0 bridgehead atoms. The number of hydrogen-bond acceptors (Lipinski definition) is 12. The normalized spacial score (nSPS) is 13.7. The quantitative estimate of drug-likeness (QED) is 0.0475. The summed E-state index contributed by atoms with van der Waals surface area (Å²) in [5.41, 5.74) is 13.1. The molecule has 1 fully saturated rings. The fraction of sp³-hybridized carbons (Fsp3) is 0.241. The van der Waals surface area contributed by atoms with Crippen LogP contribution in [0.4, 0.5) is 11.4 Å². The number of anilines is 2. The van der Waals surface area contributed by atoms with E-state index in [4.69, 9.17) is 15.2 Å². The Morgan fingerprint density at radius 1 is 0.781 bits per heavy atom. The molecule has 15 heteroatoms. The Morgan fingerprint density at radius 3 is 2.21 bits per heavy atom. The van der Waals surface area contributed by atoms with Gasteiger partial charge in [0, 0.05) is 99.5 Å². The van der Waals surface area contributed by atoms with E-state index in [0.717, 1.165) is 43.1 Å². The Balaban J connectivity index is 0.807. The number of aromatic nitrogens is 2. The maximum Gasteiger partial charge on any atom is 0.254 e. The van der Waals surface area contributed by atoms with Gasteiger partial charge in [-0.3, -0.25) is 19.4 Å². The number of aryl methyl sites for hydroxylation is 1. The van der Waals surface area contributed by atoms with Crippen LogP contribution in [0.25, 0.3) is 21.8 Å². The number of nitrogens with one attached hydrogen (secondary N) is 3. The number of benzene rings is 6. The van der Waals surface area contributed by atoms with Crippen LogP contribution in [-0.4, -0.2) is 87.2 Å². The van der Waals surface area contributed by atoms with E-state index in [0.29, 0.717) is 89.5 Å². The van der Waals surface area contributed by atoms with Gasteiger partial charge in [0.2, 0.25) is 5.56 Å². The van der Waals surface area contributed by atoms with Crippen LogP contribution in [-0.2, 0) is 13.0 Å². The number of piperazine rings is 1. The highest BCUT2D eigenvalue weighted by molar-refractivity contribution is 7.99. The number of ether oxygens (including phenoxy) is 2. The van der Waals surface area contributed by atoms with Gasteiger partial charge in [-0.2, -0.15) is 0 Å². The van der Waals surface area contributed by atoms with E-state index in [2.05, 4.69) is 40.5 Å². The van der Waals surface area contributed by atoms with Gasteiger partial charge in [-0.05, 0) is 116 Å². The molecule has 374 valence electrons. The van der Waals surface area contributed by atoms with Crippen molar-refractivity contribution >= 4 is 56.8 Å². The molecule has 0 radical (unpaired) electrons. The molecule has 6 aromatic carbocycles. The second-order valence-electron chi connectivity index (χ2n) is 18.9. The van der Waals surface area contributed by atoms with E-state index in [-0.39, 0.29) is 23.9 Å². The van der Waals surface area contributed by atoms with Crippen LogP contribution in [0, 0.1) is 6.92 Å². The second kappa shape index (κ2) is 22.1. The number of amides is 2. The molecule has 3 heterocycles. The van der Waals surface area contributed by atoms with Crippen LogP contribution in [0.2, 0.25) is 0 Å². The first kappa shape index (κ1) is 50.4. The fourth-order valence-electron chi connectivity index (χ4n) is 9.30. The Labute approximate surface area is 428 Å². The molecule has 2 aromatic heterocycles. The average molecular weight is 998 g/mol. The summed E-state index contributed by atoms with van der Waals surface area (Å²) >= 11 is 1.52. The third kappa shape index (κ3) is 11.9. The highest BCUT2D eigenvalue weighted by atomic mass is 32.2. The number of aromatic amines is 1. The molecule has 0 spiro atoms. The highest BCUT2D eigenvalue weighted by Crippen LogP contribution is 2.38. The molecule has 9 rings (SSSR count). The van der Waals surface area contributed by atoms with E-state index < -0.39 is 17.9 Å². The van der Waals surface area contributed by atoms with E-state index >= 15 is 0 Å². The molecular weight excluding hydrogens is 939 g/mol. The molecule has 8 aromatic rings. The Kier molecular flexibility index (Phi) is 15.2. The van der Waals surface area contributed by atoms with Crippen molar-refractivity contribution in [3.05, 3.63) is 195 Å². The number of aliphatic hydroxyl groups excluding tert-OH is 2. The van der Waals surface area contributed by atoms with E-state index in [1.54, 1.807) is 35.2 Å². The summed E-state index contributed by atoms with van der Waals surface area (Å²) in [6.07, 6.45) is 0.0231. The largest absolute Gasteiger partial charge is 0.497 e. The lowest BCUT2D eigenvalue weighted by molar-refractivity contribution is 0.0535. The van der Waals surface area contributed by atoms with Gasteiger partial charge in [0.25, 0.3) is 11.8 Å². The van der Waals surface area contributed by atoms with Gasteiger partial charge in [-0.25, -0.2) is 0 Å². The molecule has 1 aliphatic heterocycles. The number of pyridine rings is 2. The molecule has 1 aliphatic rings. The second-order valence-corrected chi connectivity index (χ2v) is 20.1. The first-order chi connectivity index (χ1) is 35.2. The summed E-state index contributed by atoms with van der Waals surface area (Å²) in [4.78, 5) is 53.2. The topological polar surface area (TPSA) is 195 Å². The van der Waals surface area contributed by atoms with Crippen LogP contribution in [0.15, 0.2) is 160 Å². The number of β-amino-alcohol motifs (C(OH)–C–C–N with tert-alkyl or cyclic N) is 1. The maximum atomic E-state index is 14.0. The molecule has 14 nitrogen and oxygen atoms in total. The number of rotatable bonds is 17. The van der Waals surface area contributed by atoms with Crippen molar-refractivity contribution in [3.63, 3.8) is 0 Å². The maximum absolute atomic E-state index is 14.0. The SMILES string of the molecule is COc1cccc(Nc2c(C(N)O)cnc3c(C)cc(Sc4cccc(C(=O)N5CCN(C(=O)c6cccc(CC(C)(C)NCC(O)c7ccc(OCc8ccccc8)c8[nH]c(=O)ccc78)c6)CC5)c4)cc23)c1. The third-order valence-electron chi connectivity index (χ3n) is 13.1. The predicted molar refractivity (Wildman–Crippen MR) is 287 cm³/mol. The van der Waals surface area contributed by atoms with Crippen molar-refractivity contribution in [2.45, 2.75) is 61.5 Å². The van der Waals surface area contributed by atoms with Gasteiger partial charge < -0.3 is 50.8 Å². The molecular formula is C58H59N7O7S. The monoisotopic (exact) mass is 997 g/mol. The van der Waals surface area contributed by atoms with Gasteiger partial charge in [0.15, 0.2) is 0 Å². The molecule has 0 aliphatic carbocycles. The van der Waals surface area contributed by atoms with Crippen molar-refractivity contribution in [3.8, 4) is 11.5 Å². The van der Waals surface area contributed by atoms with Gasteiger partial charge in [0.05, 0.1) is 29.9 Å². The van der Waals surface area contributed by atoms with E-state index in [1.165, 1.54) is 17.8 Å². The Bertz CT molecular complexity index is 3360. The zero-order valence-corrected chi connectivity index (χ0v) is 42.0. The summed E-state index contributed by atoms with van der Waals surface area (Å²) in [6.45, 7) is 8.25. The van der Waals surface area contributed by atoms with Crippen LogP contribution >= 0.6 is 11.8 Å². The summed E-state index contributed by atoms with van der Waals surface area (Å²) in [5.74, 6) is 1.01. The van der Waals surface area contributed by atoms with Crippen LogP contribution in [0.3, 0.4) is 0 Å². The third-order valence-corrected chi connectivity index (χ3v) is 14.0. The number of nitrogens with zero attached hydrogens (tertiary/aromatic N) is 3. The minimum absolute atomic E-state index is 0.0922. The van der Waals surface area contributed by atoms with Crippen LogP contribution in [0.5, 0.6) is 11.5 Å². The highest BCUT2D eigenvalue weighted by Gasteiger charge is 2.27. The number of hydrogen-bond donors (Lipinski definition) is 6. The summed E-state index contributed by atoms with van der Waals surface area (Å²) < 4.78 is 11.5. The minimum atomic E-state index is -1.27. The number of carbonyl (C=O) groups is 2. The van der Waals surface area contributed by atoms with Crippen LogP contribution < -0.4 is 31.4 Å². The number of fused-ring (bicyclic) bond motifs is 2. The Morgan fingerprint density at radius 2 is 1.48 bits per heavy atom. The lowest BCUT2D eigenvalue weighted by atomic mass is 9.93. The standard InChI is InChI=1S/C58H59N7O7S/c1-36-27-44(31-47-52(36)60-33-48(55(59)68)53(47)62-41-16-10-17-42(30-41)71-4)73-43-18-9-15-40(29-43)57(70)65-25-23-64(24-26-65)56(69)39-14-8-13-38(28-39)32-58(2,3)61-34-49(66)45-19-21-50(54-46(45)20-22-51(67)63-54)72-35-37-11-6-5-7-12-37/h5-22,27-31,33,49,55,61,66,68H,23-26,32,34-35,59H2,1-4H3,(H,60,62)(H,63,67). The van der Waals surface area contributed by atoms with Gasteiger partial charge in [0.1, 0.15) is 24.3 Å². The molecule has 0 saturated carbocycles. The van der Waals surface area contributed by atoms with Crippen molar-refractivity contribution in [1.29, 1.82) is 0 Å². The molecule has 73 heavy (non-hydrogen) atoms. The average Bonchev–Trinajstić information content (AvgIpc) is 3.39. The number of methoxy groups -OCH3 is 1. The summed E-state index contributed by atoms with van der Waals surface area (Å²) in [7, 11) is 1.61. The van der Waals surface area contributed by atoms with Gasteiger partial charge in [-0.15, -0.1) is 0 Å². The zero-order valence-electron chi connectivity index (χ0n) is 41.2. The molecule has 2 atom stereocenters. The summed E-state index contributed by atoms with van der Waals surface area (Å²) in [5, 5.41) is 30.5. The molecule has 7 N–H and O–H groups in total. The summed E-state index contributed by atoms with van der Waals surface area (Å²) in [6, 6.07) is 43.3. The predicted octanol–water partition coefficient (Wildman–Crippen LogP) is 9.06. The van der Waals surface area contributed by atoms with Crippen molar-refractivity contribution in [1.82, 2.24) is 25.1 Å². The van der Waals surface area contributed by atoms with Crippen molar-refractivity contribution < 1.29 is 29.3 Å². The lowest BCUT2D eigenvalue weighted by Crippen LogP contribution is -2.50. The Hall–Kier alpha value is -7.53. The van der Waals surface area contributed by atoms with Crippen molar-refractivity contribution in [2.75, 3.05) is 45.2 Å². The molecule has 2 unspecified atom stereocenters. The van der Waals surface area contributed by atoms with Crippen molar-refractivity contribution in [2.24, 2.45) is 5.73 Å². The fourth-order valence-corrected chi connectivity index (χ4v) is 10.3. The smallest absolute Gasteiger partial charge is 0.254 e. The van der Waals surface area contributed by atoms with Gasteiger partial charge >= 0.3 is 0 Å². The van der Waals surface area contributed by atoms with Gasteiger partial charge in [-0.1, -0.05) is 72.4 Å². The zero-order chi connectivity index (χ0) is 51.2. The first-order valence-corrected chi connectivity index (χ1v) is 25.0. The van der Waals surface area contributed by atoms with E-state index in [1.807, 2.05) is 122 Å². The van der Waals surface area contributed by atoms with E-state index in [9.17, 15) is 24.6 Å². The lowest BCUT2D eigenvalue weighted by Gasteiger charge is -2.35. The van der Waals surface area contributed by atoms with Crippen LogP contribution in [0.1, 0.15) is 74.7 Å². The number of aliphatic hydroxyl groups is 2. The molecule has 2 amide bonds.